The molecule has 25 heavy (non-hydrogen) atoms. The van der Waals surface area contributed by atoms with E-state index in [1.165, 1.54) is 17.8 Å². The number of nitrogens with zero attached hydrogens (tertiary/aromatic N) is 1. The number of carbonyl (C=O) groups is 1. The molecule has 0 N–H and O–H groups in total. The van der Waals surface area contributed by atoms with Crippen LogP contribution in [0.3, 0.4) is 0 Å². The highest BCUT2D eigenvalue weighted by molar-refractivity contribution is 7.99. The zero-order chi connectivity index (χ0) is 17.6. The molecule has 2 aromatic rings. The average Bonchev–Trinajstić information content (AvgIpc) is 2.62. The van der Waals surface area contributed by atoms with Crippen molar-refractivity contribution in [2.24, 2.45) is 0 Å². The Morgan fingerprint density at radius 2 is 2.12 bits per heavy atom. The van der Waals surface area contributed by atoms with E-state index < -0.39 is 0 Å². The van der Waals surface area contributed by atoms with Crippen LogP contribution in [0, 0.1) is 17.1 Å². The lowest BCUT2D eigenvalue weighted by atomic mass is 10.0. The van der Waals surface area contributed by atoms with Gasteiger partial charge in [0, 0.05) is 23.3 Å². The quantitative estimate of drug-likeness (QED) is 0.568. The van der Waals surface area contributed by atoms with E-state index in [4.69, 9.17) is 10.00 Å². The van der Waals surface area contributed by atoms with Gasteiger partial charge in [0.2, 0.25) is 0 Å². The van der Waals surface area contributed by atoms with Crippen LogP contribution < -0.4 is 4.74 Å². The van der Waals surface area contributed by atoms with Crippen LogP contribution in [0.5, 0.6) is 5.75 Å². The number of halogens is 1. The Balaban J connectivity index is 1.77. The minimum absolute atomic E-state index is 0.131. The Morgan fingerprint density at radius 3 is 2.96 bits per heavy atom. The monoisotopic (exact) mass is 353 g/mol. The third kappa shape index (κ3) is 4.09. The first-order valence-electron chi connectivity index (χ1n) is 7.95. The molecule has 0 amide bonds. The third-order valence-electron chi connectivity index (χ3n) is 3.78. The Morgan fingerprint density at radius 1 is 1.28 bits per heavy atom. The van der Waals surface area contributed by atoms with Crippen LogP contribution in [0.15, 0.2) is 52.9 Å². The number of fused-ring (bicyclic) bond motifs is 1. The number of hydrogen-bond donors (Lipinski definition) is 0. The number of carbonyl (C=O) groups excluding carboxylic acids is 1. The third-order valence-corrected chi connectivity index (χ3v) is 4.93. The predicted octanol–water partition coefficient (Wildman–Crippen LogP) is 4.88. The average molecular weight is 353 g/mol. The van der Waals surface area contributed by atoms with E-state index in [0.717, 1.165) is 5.56 Å². The molecule has 0 saturated carbocycles. The van der Waals surface area contributed by atoms with Crippen molar-refractivity contribution >= 4 is 23.6 Å². The Bertz CT molecular complexity index is 870. The lowest BCUT2D eigenvalue weighted by molar-refractivity contribution is 0.103. The largest absolute Gasteiger partial charge is 0.494 e. The fourth-order valence-electron chi connectivity index (χ4n) is 2.57. The van der Waals surface area contributed by atoms with E-state index in [1.807, 2.05) is 30.3 Å². The van der Waals surface area contributed by atoms with Crippen LogP contribution >= 0.6 is 11.8 Å². The van der Waals surface area contributed by atoms with E-state index in [1.54, 1.807) is 12.1 Å². The second-order valence-corrected chi connectivity index (χ2v) is 6.57. The van der Waals surface area contributed by atoms with Gasteiger partial charge in [0.25, 0.3) is 0 Å². The van der Waals surface area contributed by atoms with Gasteiger partial charge in [-0.25, -0.2) is 4.39 Å². The van der Waals surface area contributed by atoms with Crippen molar-refractivity contribution in [2.75, 3.05) is 12.4 Å². The molecule has 0 spiro atoms. The van der Waals surface area contributed by atoms with Crippen LogP contribution in [-0.4, -0.2) is 18.1 Å². The van der Waals surface area contributed by atoms with E-state index in [-0.39, 0.29) is 11.6 Å². The van der Waals surface area contributed by atoms with E-state index in [0.29, 0.717) is 47.0 Å². The predicted molar refractivity (Wildman–Crippen MR) is 96.2 cm³/mol. The Hall–Kier alpha value is -2.58. The van der Waals surface area contributed by atoms with Crippen molar-refractivity contribution in [1.82, 2.24) is 0 Å². The minimum Gasteiger partial charge on any atom is -0.494 e. The molecule has 0 radical (unpaired) electrons. The molecule has 5 heteroatoms. The lowest BCUT2D eigenvalue weighted by Crippen LogP contribution is -2.13. The van der Waals surface area contributed by atoms with Gasteiger partial charge in [-0.1, -0.05) is 18.2 Å². The fraction of sp³-hybridized carbons (Fsp3) is 0.200. The maximum Gasteiger partial charge on any atom is 0.191 e. The van der Waals surface area contributed by atoms with Gasteiger partial charge in [-0.05, 0) is 42.3 Å². The highest BCUT2D eigenvalue weighted by Crippen LogP contribution is 2.35. The van der Waals surface area contributed by atoms with Gasteiger partial charge in [-0.2, -0.15) is 5.26 Å². The Kier molecular flexibility index (Phi) is 5.52. The number of Topliss-reactive ketones (excluding diaryl/α,β-unsaturated/α-hetero) is 1. The number of thioether (sulfide) groups is 1. The number of hydrogen-bond acceptors (Lipinski definition) is 4. The van der Waals surface area contributed by atoms with Gasteiger partial charge in [0.05, 0.1) is 17.6 Å². The van der Waals surface area contributed by atoms with Crippen molar-refractivity contribution in [3.05, 3.63) is 65.0 Å². The summed E-state index contributed by atoms with van der Waals surface area (Å²) >= 11 is 1.34. The molecule has 0 unspecified atom stereocenters. The molecule has 2 aromatic carbocycles. The molecule has 126 valence electrons. The van der Waals surface area contributed by atoms with Crippen molar-refractivity contribution in [3.63, 3.8) is 0 Å². The molecular formula is C20H16FNO2S. The van der Waals surface area contributed by atoms with Crippen molar-refractivity contribution < 1.29 is 13.9 Å². The van der Waals surface area contributed by atoms with E-state index in [9.17, 15) is 9.18 Å². The summed E-state index contributed by atoms with van der Waals surface area (Å²) in [6.45, 7) is 0.481. The first-order chi connectivity index (χ1) is 12.2. The highest BCUT2D eigenvalue weighted by atomic mass is 32.2. The number of ketones is 1. The number of benzene rings is 2. The molecule has 0 atom stereocenters. The molecular weight excluding hydrogens is 337 g/mol. The number of nitriles is 1. The van der Waals surface area contributed by atoms with Gasteiger partial charge in [0.15, 0.2) is 5.78 Å². The second-order valence-electron chi connectivity index (χ2n) is 5.59. The molecule has 3 nitrogen and oxygen atoms in total. The van der Waals surface area contributed by atoms with Gasteiger partial charge in [-0.3, -0.25) is 4.79 Å². The summed E-state index contributed by atoms with van der Waals surface area (Å²) in [6, 6.07) is 14.1. The molecule has 1 heterocycles. The summed E-state index contributed by atoms with van der Waals surface area (Å²) in [5.41, 5.74) is 1.93. The van der Waals surface area contributed by atoms with Crippen LogP contribution in [0.1, 0.15) is 28.8 Å². The molecule has 1 aliphatic heterocycles. The Labute approximate surface area is 150 Å². The topological polar surface area (TPSA) is 50.1 Å². The summed E-state index contributed by atoms with van der Waals surface area (Å²) in [5, 5.41) is 8.53. The van der Waals surface area contributed by atoms with Gasteiger partial charge in [-0.15, -0.1) is 11.8 Å². The molecule has 0 aromatic heterocycles. The summed E-state index contributed by atoms with van der Waals surface area (Å²) in [7, 11) is 0. The van der Waals surface area contributed by atoms with Crippen molar-refractivity contribution in [3.8, 4) is 11.8 Å². The van der Waals surface area contributed by atoms with Gasteiger partial charge >= 0.3 is 0 Å². The summed E-state index contributed by atoms with van der Waals surface area (Å²) in [5.74, 6) is 0.672. The van der Waals surface area contributed by atoms with Gasteiger partial charge < -0.3 is 4.74 Å². The smallest absolute Gasteiger partial charge is 0.191 e. The van der Waals surface area contributed by atoms with E-state index >= 15 is 0 Å². The normalized spacial score (nSPS) is 14.9. The molecule has 0 saturated heterocycles. The molecule has 0 aliphatic carbocycles. The number of unbranched alkanes of at least 4 members (excludes halogenated alkanes) is 1. The maximum atomic E-state index is 13.8. The van der Waals surface area contributed by atoms with Crippen LogP contribution in [0.4, 0.5) is 4.39 Å². The summed E-state index contributed by atoms with van der Waals surface area (Å²) in [6.07, 6.45) is 2.97. The zero-order valence-electron chi connectivity index (χ0n) is 13.5. The summed E-state index contributed by atoms with van der Waals surface area (Å²) < 4.78 is 19.4. The lowest BCUT2D eigenvalue weighted by Gasteiger charge is -2.17. The zero-order valence-corrected chi connectivity index (χ0v) is 14.3. The molecule has 0 bridgehead atoms. The standard InChI is InChI=1S/C20H16FNO2S/c21-18-8-4-7-17-19(23)15(13-25-20(17)18)11-14-5-3-6-16(12-14)24-10-2-1-9-22/h3-8,11-12H,1-2,10,13H2/b15-11+. The van der Waals surface area contributed by atoms with Gasteiger partial charge in [0.1, 0.15) is 11.6 Å². The molecule has 0 fully saturated rings. The number of rotatable bonds is 5. The minimum atomic E-state index is -0.345. The van der Waals surface area contributed by atoms with Crippen molar-refractivity contribution in [2.45, 2.75) is 17.7 Å². The fourth-order valence-corrected chi connectivity index (χ4v) is 3.60. The maximum absolute atomic E-state index is 13.8. The SMILES string of the molecule is N#CCCCOc1cccc(/C=C2\CSc3c(F)cccc3C2=O)c1. The second kappa shape index (κ2) is 8.00. The van der Waals surface area contributed by atoms with Crippen LogP contribution in [-0.2, 0) is 0 Å². The van der Waals surface area contributed by atoms with E-state index in [2.05, 4.69) is 6.07 Å². The molecule has 3 rings (SSSR count). The highest BCUT2D eigenvalue weighted by Gasteiger charge is 2.24. The summed E-state index contributed by atoms with van der Waals surface area (Å²) in [4.78, 5) is 13.0. The molecule has 1 aliphatic rings. The van der Waals surface area contributed by atoms with Crippen molar-refractivity contribution in [1.29, 1.82) is 5.26 Å². The van der Waals surface area contributed by atoms with Crippen LogP contribution in [0.2, 0.25) is 0 Å². The van der Waals surface area contributed by atoms with Crippen LogP contribution in [0.25, 0.3) is 6.08 Å². The number of ether oxygens (including phenoxy) is 1. The first-order valence-corrected chi connectivity index (χ1v) is 8.94. The first kappa shape index (κ1) is 17.2.